The van der Waals surface area contributed by atoms with Crippen molar-refractivity contribution in [3.63, 3.8) is 0 Å². The van der Waals surface area contributed by atoms with Gasteiger partial charge in [0, 0.05) is 37.8 Å². The lowest BCUT2D eigenvalue weighted by Crippen LogP contribution is -2.33. The standard InChI is InChI=1S/C21H23ClN6O4/c1-3-17(30)13-27(10-4-9-23)15-5-8-20(21(12-15)24-14(2)29)26-25-19-7-6-16(28(31)32)11-18(19)22/h5-8,11-12,17,30H,3-4,10,13H2,1-2H3,(H,24,29). The zero-order chi connectivity index (χ0) is 23.7. The minimum atomic E-state index is -0.568. The monoisotopic (exact) mass is 458 g/mol. The Kier molecular flexibility index (Phi) is 9.07. The van der Waals surface area contributed by atoms with Gasteiger partial charge in [-0.2, -0.15) is 5.26 Å². The smallest absolute Gasteiger partial charge is 0.271 e. The lowest BCUT2D eigenvalue weighted by Gasteiger charge is -2.27. The van der Waals surface area contributed by atoms with E-state index in [0.29, 0.717) is 36.6 Å². The van der Waals surface area contributed by atoms with Crippen LogP contribution in [0.4, 0.5) is 28.4 Å². The summed E-state index contributed by atoms with van der Waals surface area (Å²) in [5.41, 5.74) is 1.49. The third-order valence-electron chi connectivity index (χ3n) is 4.46. The Labute approximate surface area is 190 Å². The van der Waals surface area contributed by atoms with Crippen LogP contribution >= 0.6 is 11.6 Å². The largest absolute Gasteiger partial charge is 0.391 e. The zero-order valence-electron chi connectivity index (χ0n) is 17.7. The summed E-state index contributed by atoms with van der Waals surface area (Å²) in [5.74, 6) is -0.316. The van der Waals surface area contributed by atoms with E-state index in [9.17, 15) is 20.0 Å². The molecule has 1 atom stereocenters. The number of hydrogen-bond acceptors (Lipinski definition) is 8. The van der Waals surface area contributed by atoms with Gasteiger partial charge in [-0.05, 0) is 30.7 Å². The minimum absolute atomic E-state index is 0.0666. The van der Waals surface area contributed by atoms with Crippen molar-refractivity contribution < 1.29 is 14.8 Å². The molecule has 11 heteroatoms. The third kappa shape index (κ3) is 7.01. The van der Waals surface area contributed by atoms with Gasteiger partial charge in [0.1, 0.15) is 11.4 Å². The second-order valence-corrected chi connectivity index (χ2v) is 7.30. The Hall–Kier alpha value is -3.55. The number of anilines is 2. The fourth-order valence-electron chi connectivity index (χ4n) is 2.79. The number of nitriles is 1. The number of halogens is 1. The van der Waals surface area contributed by atoms with E-state index in [2.05, 4.69) is 21.6 Å². The number of azo groups is 1. The number of aliphatic hydroxyl groups is 1. The van der Waals surface area contributed by atoms with Crippen LogP contribution in [0.25, 0.3) is 0 Å². The fourth-order valence-corrected chi connectivity index (χ4v) is 3.00. The van der Waals surface area contributed by atoms with Gasteiger partial charge >= 0.3 is 0 Å². The van der Waals surface area contributed by atoms with Crippen LogP contribution in [0.3, 0.4) is 0 Å². The van der Waals surface area contributed by atoms with Gasteiger partial charge in [0.05, 0.1) is 34.2 Å². The summed E-state index contributed by atoms with van der Waals surface area (Å²) in [5, 5.41) is 40.8. The maximum absolute atomic E-state index is 11.7. The van der Waals surface area contributed by atoms with Gasteiger partial charge < -0.3 is 15.3 Å². The number of nitro benzene ring substituents is 1. The third-order valence-corrected chi connectivity index (χ3v) is 4.76. The molecule has 0 radical (unpaired) electrons. The van der Waals surface area contributed by atoms with Crippen LogP contribution in [0, 0.1) is 21.4 Å². The topological polar surface area (TPSA) is 144 Å². The van der Waals surface area contributed by atoms with E-state index < -0.39 is 11.0 Å². The molecule has 2 N–H and O–H groups in total. The Morgan fingerprint density at radius 1 is 1.31 bits per heavy atom. The molecule has 0 saturated carbocycles. The van der Waals surface area contributed by atoms with E-state index in [1.54, 1.807) is 18.2 Å². The maximum atomic E-state index is 11.7. The van der Waals surface area contributed by atoms with Crippen molar-refractivity contribution in [2.75, 3.05) is 23.3 Å². The van der Waals surface area contributed by atoms with E-state index in [0.717, 1.165) is 0 Å². The van der Waals surface area contributed by atoms with E-state index in [-0.39, 0.29) is 28.7 Å². The van der Waals surface area contributed by atoms with E-state index >= 15 is 0 Å². The molecule has 168 valence electrons. The first-order chi connectivity index (χ1) is 15.2. The number of aliphatic hydroxyl groups excluding tert-OH is 1. The molecule has 0 heterocycles. The molecule has 0 bridgehead atoms. The molecule has 0 aliphatic rings. The summed E-state index contributed by atoms with van der Waals surface area (Å²) in [7, 11) is 0. The molecule has 1 amide bonds. The van der Waals surface area contributed by atoms with Gasteiger partial charge in [-0.25, -0.2) is 0 Å². The van der Waals surface area contributed by atoms with Gasteiger partial charge in [-0.15, -0.1) is 10.2 Å². The van der Waals surface area contributed by atoms with Crippen LogP contribution in [-0.4, -0.2) is 35.1 Å². The Balaban J connectivity index is 2.39. The van der Waals surface area contributed by atoms with Gasteiger partial charge in [0.15, 0.2) is 0 Å². The number of benzene rings is 2. The Morgan fingerprint density at radius 2 is 2.00 bits per heavy atom. The molecule has 0 saturated heterocycles. The predicted octanol–water partition coefficient (Wildman–Crippen LogP) is 5.11. The lowest BCUT2D eigenvalue weighted by molar-refractivity contribution is -0.384. The van der Waals surface area contributed by atoms with Crippen molar-refractivity contribution in [2.45, 2.75) is 32.8 Å². The SMILES string of the molecule is CCC(O)CN(CCC#N)c1ccc(N=Nc2ccc([N+](=O)[O-])cc2Cl)c(NC(C)=O)c1. The molecule has 0 aromatic heterocycles. The number of amides is 1. The highest BCUT2D eigenvalue weighted by Crippen LogP contribution is 2.34. The molecule has 32 heavy (non-hydrogen) atoms. The summed E-state index contributed by atoms with van der Waals surface area (Å²) in [6.07, 6.45) is 0.261. The van der Waals surface area contributed by atoms with Crippen LogP contribution in [0.1, 0.15) is 26.7 Å². The number of nitro groups is 1. The highest BCUT2D eigenvalue weighted by atomic mass is 35.5. The summed E-state index contributed by atoms with van der Waals surface area (Å²) < 4.78 is 0. The van der Waals surface area contributed by atoms with Gasteiger partial charge in [-0.1, -0.05) is 18.5 Å². The van der Waals surface area contributed by atoms with E-state index in [4.69, 9.17) is 16.9 Å². The van der Waals surface area contributed by atoms with Crippen molar-refractivity contribution in [3.8, 4) is 6.07 Å². The normalized spacial score (nSPS) is 11.7. The molecule has 2 aromatic rings. The number of nitrogens with one attached hydrogen (secondary N) is 1. The van der Waals surface area contributed by atoms with Crippen LogP contribution in [0.2, 0.25) is 5.02 Å². The molecule has 0 aliphatic carbocycles. The van der Waals surface area contributed by atoms with Crippen molar-refractivity contribution in [1.29, 1.82) is 5.26 Å². The van der Waals surface area contributed by atoms with E-state index in [1.165, 1.54) is 25.1 Å². The maximum Gasteiger partial charge on any atom is 0.271 e. The van der Waals surface area contributed by atoms with Gasteiger partial charge in [0.25, 0.3) is 5.69 Å². The summed E-state index contributed by atoms with van der Waals surface area (Å²) in [6, 6.07) is 11.0. The number of carbonyl (C=O) groups is 1. The number of non-ortho nitro benzene ring substituents is 1. The molecule has 0 fully saturated rings. The quantitative estimate of drug-likeness (QED) is 0.287. The van der Waals surface area contributed by atoms with Crippen molar-refractivity contribution in [3.05, 3.63) is 51.5 Å². The molecular weight excluding hydrogens is 436 g/mol. The number of hydrogen-bond donors (Lipinski definition) is 2. The highest BCUT2D eigenvalue weighted by molar-refractivity contribution is 6.33. The molecule has 10 nitrogen and oxygen atoms in total. The molecule has 1 unspecified atom stereocenters. The summed E-state index contributed by atoms with van der Waals surface area (Å²) >= 11 is 6.06. The number of rotatable bonds is 10. The highest BCUT2D eigenvalue weighted by Gasteiger charge is 2.15. The van der Waals surface area contributed by atoms with Gasteiger partial charge in [0.2, 0.25) is 5.91 Å². The number of nitrogens with zero attached hydrogens (tertiary/aromatic N) is 5. The first kappa shape index (κ1) is 24.7. The summed E-state index contributed by atoms with van der Waals surface area (Å²) in [6.45, 7) is 3.96. The van der Waals surface area contributed by atoms with Gasteiger partial charge in [-0.3, -0.25) is 14.9 Å². The minimum Gasteiger partial charge on any atom is -0.391 e. The van der Waals surface area contributed by atoms with Crippen molar-refractivity contribution >= 4 is 45.9 Å². The fraction of sp³-hybridized carbons (Fsp3) is 0.333. The van der Waals surface area contributed by atoms with Crippen LogP contribution in [0.15, 0.2) is 46.6 Å². The Bertz CT molecular complexity index is 1050. The van der Waals surface area contributed by atoms with Crippen LogP contribution in [-0.2, 0) is 4.79 Å². The first-order valence-corrected chi connectivity index (χ1v) is 10.2. The average molecular weight is 459 g/mol. The number of carbonyl (C=O) groups excluding carboxylic acids is 1. The predicted molar refractivity (Wildman–Crippen MR) is 122 cm³/mol. The average Bonchev–Trinajstić information content (AvgIpc) is 2.75. The zero-order valence-corrected chi connectivity index (χ0v) is 18.4. The molecular formula is C21H23ClN6O4. The summed E-state index contributed by atoms with van der Waals surface area (Å²) in [4.78, 5) is 23.8. The Morgan fingerprint density at radius 3 is 2.59 bits per heavy atom. The molecule has 0 spiro atoms. The molecule has 2 rings (SSSR count). The second kappa shape index (κ2) is 11.7. The van der Waals surface area contributed by atoms with Crippen molar-refractivity contribution in [1.82, 2.24) is 0 Å². The van der Waals surface area contributed by atoms with Crippen LogP contribution in [0.5, 0.6) is 0 Å². The van der Waals surface area contributed by atoms with Crippen LogP contribution < -0.4 is 10.2 Å². The first-order valence-electron chi connectivity index (χ1n) is 9.82. The molecule has 0 aliphatic heterocycles. The lowest BCUT2D eigenvalue weighted by atomic mass is 10.2. The van der Waals surface area contributed by atoms with Crippen molar-refractivity contribution in [2.24, 2.45) is 10.2 Å². The van der Waals surface area contributed by atoms with E-state index in [1.807, 2.05) is 11.8 Å². The molecule has 2 aromatic carbocycles. The second-order valence-electron chi connectivity index (χ2n) is 6.89.